The Morgan fingerprint density at radius 3 is 2.58 bits per heavy atom. The minimum absolute atomic E-state index is 0.141. The molecule has 1 fully saturated rings. The Labute approximate surface area is 261 Å². The average molecular weight is 639 g/mol. The molecule has 15 heteroatoms. The summed E-state index contributed by atoms with van der Waals surface area (Å²) in [6.45, 7) is 10.0. The number of carboxylic acid groups (broad SMARTS) is 1. The van der Waals surface area contributed by atoms with Crippen LogP contribution in [0.2, 0.25) is 0 Å². The number of rotatable bonds is 9. The monoisotopic (exact) mass is 638 g/mol. The normalized spacial score (nSPS) is 15.7. The van der Waals surface area contributed by atoms with Gasteiger partial charge in [0.25, 0.3) is 12.4 Å². The van der Waals surface area contributed by atoms with E-state index >= 15 is 0 Å². The summed E-state index contributed by atoms with van der Waals surface area (Å²) in [6.07, 6.45) is 4.27. The van der Waals surface area contributed by atoms with Crippen molar-refractivity contribution in [2.45, 2.75) is 39.4 Å². The second kappa shape index (κ2) is 14.5. The van der Waals surface area contributed by atoms with Crippen molar-refractivity contribution in [2.24, 2.45) is 0 Å². The number of piperazine rings is 1. The van der Waals surface area contributed by atoms with Crippen LogP contribution in [0.3, 0.4) is 0 Å². The predicted octanol–water partition coefficient (Wildman–Crippen LogP) is 3.27. The van der Waals surface area contributed by atoms with Gasteiger partial charge in [-0.2, -0.15) is 5.10 Å². The van der Waals surface area contributed by atoms with Crippen molar-refractivity contribution in [1.82, 2.24) is 30.0 Å². The van der Waals surface area contributed by atoms with Crippen molar-refractivity contribution in [3.05, 3.63) is 60.2 Å². The van der Waals surface area contributed by atoms with Crippen LogP contribution in [0.25, 0.3) is 22.0 Å². The van der Waals surface area contributed by atoms with Gasteiger partial charge < -0.3 is 15.2 Å². The molecular formula is C30H38N8O6S. The van der Waals surface area contributed by atoms with Gasteiger partial charge in [0.05, 0.1) is 36.5 Å². The molecule has 1 saturated heterocycles. The van der Waals surface area contributed by atoms with Crippen molar-refractivity contribution >= 4 is 44.7 Å². The van der Waals surface area contributed by atoms with Crippen molar-refractivity contribution in [2.75, 3.05) is 43.0 Å². The third-order valence-electron chi connectivity index (χ3n) is 7.33. The highest BCUT2D eigenvalue weighted by atomic mass is 32.2. The summed E-state index contributed by atoms with van der Waals surface area (Å²) in [6, 6.07) is 11.7. The number of nitrogens with one attached hydrogen (secondary N) is 3. The number of ether oxygens (including phenoxy) is 1. The lowest BCUT2D eigenvalue weighted by Crippen LogP contribution is -2.53. The standard InChI is InChI=1S/C29H36N8O4S.CH2O2/c1-18(2)37-10-9-36(16-19(37)3)17-22-7-6-8-24(32-22)28(38)33-25-11-20(12-26-23(25)15-31-34-26)21-13-27(35-42(5,39)40)29(41-4)30-14-21;2-1-3/h6-8,11-15,18-19,35H,9-10,16-17H2,1-5H3,(H,31,34)(H,33,38);1H,(H,2,3). The van der Waals surface area contributed by atoms with Crippen molar-refractivity contribution < 1.29 is 27.9 Å². The zero-order valence-corrected chi connectivity index (χ0v) is 26.6. The smallest absolute Gasteiger partial charge is 0.290 e. The van der Waals surface area contributed by atoms with Gasteiger partial charge in [-0.05, 0) is 56.7 Å². The first-order valence-corrected chi connectivity index (χ1v) is 16.1. The highest BCUT2D eigenvalue weighted by Gasteiger charge is 2.25. The van der Waals surface area contributed by atoms with Crippen molar-refractivity contribution in [3.8, 4) is 17.0 Å². The van der Waals surface area contributed by atoms with Crippen LogP contribution in [-0.2, 0) is 21.4 Å². The number of aromatic amines is 1. The van der Waals surface area contributed by atoms with E-state index in [2.05, 4.69) is 60.8 Å². The minimum Gasteiger partial charge on any atom is -0.483 e. The third-order valence-corrected chi connectivity index (χ3v) is 7.92. The average Bonchev–Trinajstić information content (AvgIpc) is 3.46. The van der Waals surface area contributed by atoms with Crippen molar-refractivity contribution in [1.29, 1.82) is 0 Å². The van der Waals surface area contributed by atoms with Gasteiger partial charge in [-0.25, -0.2) is 18.4 Å². The predicted molar refractivity (Wildman–Crippen MR) is 172 cm³/mol. The summed E-state index contributed by atoms with van der Waals surface area (Å²) in [7, 11) is -2.15. The van der Waals surface area contributed by atoms with E-state index < -0.39 is 10.0 Å². The molecule has 240 valence electrons. The molecule has 0 radical (unpaired) electrons. The maximum Gasteiger partial charge on any atom is 0.290 e. The number of carbonyl (C=O) groups excluding carboxylic acids is 1. The Balaban J connectivity index is 0.00000148. The number of methoxy groups -OCH3 is 1. The number of hydrogen-bond donors (Lipinski definition) is 4. The summed E-state index contributed by atoms with van der Waals surface area (Å²) in [4.78, 5) is 35.6. The van der Waals surface area contributed by atoms with Gasteiger partial charge in [0.1, 0.15) is 11.4 Å². The largest absolute Gasteiger partial charge is 0.483 e. The van der Waals surface area contributed by atoms with E-state index in [0.717, 1.165) is 37.0 Å². The molecule has 0 saturated carbocycles. The highest BCUT2D eigenvalue weighted by molar-refractivity contribution is 7.92. The number of benzene rings is 1. The lowest BCUT2D eigenvalue weighted by molar-refractivity contribution is -0.122. The Hall–Kier alpha value is -4.60. The van der Waals surface area contributed by atoms with E-state index in [-0.39, 0.29) is 23.9 Å². The third kappa shape index (κ3) is 8.53. The molecule has 1 unspecified atom stereocenters. The number of anilines is 2. The Bertz CT molecular complexity index is 1760. The van der Waals surface area contributed by atoms with E-state index in [4.69, 9.17) is 14.6 Å². The number of H-pyrrole nitrogens is 1. The fourth-order valence-corrected chi connectivity index (χ4v) is 5.98. The fraction of sp³-hybridized carbons (Fsp3) is 0.367. The zero-order chi connectivity index (χ0) is 32.7. The molecule has 1 aromatic carbocycles. The molecule has 14 nitrogen and oxygen atoms in total. The Morgan fingerprint density at radius 2 is 1.91 bits per heavy atom. The molecule has 4 N–H and O–H groups in total. The molecule has 1 aliphatic rings. The highest BCUT2D eigenvalue weighted by Crippen LogP contribution is 2.33. The van der Waals surface area contributed by atoms with Crippen LogP contribution < -0.4 is 14.8 Å². The second-order valence-corrected chi connectivity index (χ2v) is 12.7. The van der Waals surface area contributed by atoms with Gasteiger partial charge >= 0.3 is 0 Å². The van der Waals surface area contributed by atoms with Gasteiger partial charge in [-0.15, -0.1) is 0 Å². The van der Waals surface area contributed by atoms with Gasteiger partial charge in [0.2, 0.25) is 15.9 Å². The summed E-state index contributed by atoms with van der Waals surface area (Å²) in [5.41, 5.74) is 3.87. The summed E-state index contributed by atoms with van der Waals surface area (Å²) in [5.74, 6) is -0.204. The molecule has 0 spiro atoms. The molecule has 1 atom stereocenters. The first kappa shape index (κ1) is 33.3. The first-order chi connectivity index (χ1) is 21.4. The molecule has 0 bridgehead atoms. The molecule has 45 heavy (non-hydrogen) atoms. The number of nitrogens with zero attached hydrogens (tertiary/aromatic N) is 5. The molecule has 0 aliphatic carbocycles. The lowest BCUT2D eigenvalue weighted by Gasteiger charge is -2.42. The van der Waals surface area contributed by atoms with E-state index in [9.17, 15) is 13.2 Å². The van der Waals surface area contributed by atoms with E-state index in [1.54, 1.807) is 30.6 Å². The van der Waals surface area contributed by atoms with Gasteiger partial charge in [-0.1, -0.05) is 6.07 Å². The molecule has 5 rings (SSSR count). The van der Waals surface area contributed by atoms with Crippen LogP contribution in [0.4, 0.5) is 11.4 Å². The number of hydrogen-bond acceptors (Lipinski definition) is 10. The number of fused-ring (bicyclic) bond motifs is 1. The van der Waals surface area contributed by atoms with E-state index in [1.807, 2.05) is 18.2 Å². The van der Waals surface area contributed by atoms with Gasteiger partial charge in [-0.3, -0.25) is 29.2 Å². The quantitative estimate of drug-likeness (QED) is 0.197. The summed E-state index contributed by atoms with van der Waals surface area (Å²) >= 11 is 0. The van der Waals surface area contributed by atoms with Crippen LogP contribution in [-0.4, -0.2) is 101 Å². The molecule has 1 amide bonds. The number of aromatic nitrogens is 4. The first-order valence-electron chi connectivity index (χ1n) is 14.2. The summed E-state index contributed by atoms with van der Waals surface area (Å²) < 4.78 is 31.4. The number of amides is 1. The molecular weight excluding hydrogens is 600 g/mol. The zero-order valence-electron chi connectivity index (χ0n) is 25.8. The minimum atomic E-state index is -3.57. The lowest BCUT2D eigenvalue weighted by atomic mass is 10.0. The molecule has 4 aromatic rings. The topological polar surface area (TPSA) is 183 Å². The van der Waals surface area contributed by atoms with E-state index in [0.29, 0.717) is 46.7 Å². The molecule has 4 heterocycles. The van der Waals surface area contributed by atoms with Crippen LogP contribution in [0, 0.1) is 0 Å². The van der Waals surface area contributed by atoms with Crippen LogP contribution in [0.1, 0.15) is 37.0 Å². The Morgan fingerprint density at radius 1 is 1.18 bits per heavy atom. The Kier molecular flexibility index (Phi) is 10.7. The van der Waals surface area contributed by atoms with Crippen LogP contribution in [0.5, 0.6) is 5.88 Å². The van der Waals surface area contributed by atoms with Crippen molar-refractivity contribution in [3.63, 3.8) is 0 Å². The van der Waals surface area contributed by atoms with Crippen LogP contribution >= 0.6 is 0 Å². The second-order valence-electron chi connectivity index (χ2n) is 11.0. The number of pyridine rings is 2. The maximum atomic E-state index is 13.4. The molecule has 1 aliphatic heterocycles. The molecule has 3 aromatic heterocycles. The SMILES string of the molecule is COc1ncc(-c2cc(NC(=O)c3cccc(CN4CCN(C(C)C)C(C)C4)n3)c3cn[nH]c3c2)cc1NS(C)(=O)=O.O=CO. The van der Waals surface area contributed by atoms with Gasteiger partial charge in [0, 0.05) is 55.4 Å². The fourth-order valence-electron chi connectivity index (χ4n) is 5.43. The number of sulfonamides is 1. The number of carbonyl (C=O) groups is 2. The van der Waals surface area contributed by atoms with Gasteiger partial charge in [0.15, 0.2) is 0 Å². The summed E-state index contributed by atoms with van der Waals surface area (Å²) in [5, 5.41) is 17.7. The van der Waals surface area contributed by atoms with E-state index in [1.165, 1.54) is 7.11 Å². The van der Waals surface area contributed by atoms with Crippen LogP contribution in [0.15, 0.2) is 48.8 Å². The maximum absolute atomic E-state index is 13.4.